The molecule has 4 aromatic rings. The summed E-state index contributed by atoms with van der Waals surface area (Å²) < 4.78 is 19.6. The Kier molecular flexibility index (Phi) is 8.23. The molecule has 0 aliphatic carbocycles. The van der Waals surface area contributed by atoms with Crippen molar-refractivity contribution in [1.29, 1.82) is 0 Å². The Morgan fingerprint density at radius 2 is 1.90 bits per heavy atom. The second-order valence-corrected chi connectivity index (χ2v) is 11.2. The van der Waals surface area contributed by atoms with Gasteiger partial charge in [0.05, 0.1) is 23.0 Å². The molecule has 2 aromatic carbocycles. The van der Waals surface area contributed by atoms with Crippen LogP contribution in [0.2, 0.25) is 0 Å². The van der Waals surface area contributed by atoms with Crippen LogP contribution in [0.25, 0.3) is 16.6 Å². The van der Waals surface area contributed by atoms with E-state index >= 15 is 0 Å². The van der Waals surface area contributed by atoms with Crippen LogP contribution in [0.3, 0.4) is 0 Å². The number of piperidine rings is 1. The lowest BCUT2D eigenvalue weighted by atomic mass is 9.89. The number of benzene rings is 2. The van der Waals surface area contributed by atoms with Crippen molar-refractivity contribution in [2.75, 3.05) is 31.1 Å². The van der Waals surface area contributed by atoms with Crippen molar-refractivity contribution in [1.82, 2.24) is 19.4 Å². The van der Waals surface area contributed by atoms with E-state index in [0.29, 0.717) is 17.2 Å². The van der Waals surface area contributed by atoms with Gasteiger partial charge in [-0.15, -0.1) is 0 Å². The van der Waals surface area contributed by atoms with Crippen LogP contribution >= 0.6 is 11.9 Å². The highest BCUT2D eigenvalue weighted by Crippen LogP contribution is 2.36. The summed E-state index contributed by atoms with van der Waals surface area (Å²) in [5.41, 5.74) is 5.67. The minimum atomic E-state index is -0.420. The highest BCUT2D eigenvalue weighted by atomic mass is 32.2. The average molecular weight is 546 g/mol. The Hall–Kier alpha value is -3.36. The molecule has 204 valence electrons. The van der Waals surface area contributed by atoms with Gasteiger partial charge in [-0.05, 0) is 93.2 Å². The Morgan fingerprint density at radius 1 is 1.15 bits per heavy atom. The number of amides is 1. The fourth-order valence-electron chi connectivity index (χ4n) is 5.40. The van der Waals surface area contributed by atoms with Gasteiger partial charge in [-0.3, -0.25) is 14.7 Å². The quantitative estimate of drug-likeness (QED) is 0.249. The van der Waals surface area contributed by atoms with E-state index in [2.05, 4.69) is 51.1 Å². The van der Waals surface area contributed by atoms with E-state index in [1.54, 1.807) is 30.0 Å². The number of pyridine rings is 1. The Balaban J connectivity index is 1.40. The molecular weight excluding hydrogens is 509 g/mol. The molecule has 5 rings (SSSR count). The highest BCUT2D eigenvalue weighted by molar-refractivity contribution is 7.99. The number of carbonyl (C=O) groups excluding carboxylic acids is 1. The summed E-state index contributed by atoms with van der Waals surface area (Å²) in [6.07, 6.45) is 9.94. The largest absolute Gasteiger partial charge is 0.339 e. The molecule has 0 bridgehead atoms. The normalized spacial score (nSPS) is 14.7. The van der Waals surface area contributed by atoms with E-state index in [1.165, 1.54) is 23.3 Å². The maximum absolute atomic E-state index is 14.3. The maximum Gasteiger partial charge on any atom is 0.256 e. The summed E-state index contributed by atoms with van der Waals surface area (Å²) in [5, 5.41) is 1.14. The van der Waals surface area contributed by atoms with E-state index in [4.69, 9.17) is 0 Å². The van der Waals surface area contributed by atoms with Crippen LogP contribution in [0.1, 0.15) is 54.1 Å². The molecule has 0 unspecified atom stereocenters. The molecule has 1 N–H and O–H groups in total. The number of nitrogens with one attached hydrogen (secondary N) is 1. The lowest BCUT2D eigenvalue weighted by Crippen LogP contribution is -2.33. The third-order valence-electron chi connectivity index (χ3n) is 7.79. The molecule has 3 heterocycles. The van der Waals surface area contributed by atoms with Crippen LogP contribution in [0.4, 0.5) is 10.1 Å². The topological polar surface area (TPSA) is 53.4 Å². The van der Waals surface area contributed by atoms with E-state index in [0.717, 1.165) is 49.1 Å². The molecule has 8 heteroatoms. The second kappa shape index (κ2) is 11.8. The van der Waals surface area contributed by atoms with Gasteiger partial charge in [0.15, 0.2) is 0 Å². The zero-order valence-corrected chi connectivity index (χ0v) is 23.8. The number of anilines is 1. The van der Waals surface area contributed by atoms with Gasteiger partial charge < -0.3 is 14.2 Å². The van der Waals surface area contributed by atoms with Crippen LogP contribution in [0, 0.1) is 5.82 Å². The average Bonchev–Trinajstić information content (AvgIpc) is 3.33. The number of hydrogen-bond acceptors (Lipinski definition) is 5. The van der Waals surface area contributed by atoms with Crippen LogP contribution in [0.15, 0.2) is 67.1 Å². The van der Waals surface area contributed by atoms with Crippen molar-refractivity contribution in [2.24, 2.45) is 0 Å². The number of carbonyl (C=O) groups is 1. The molecule has 1 aliphatic rings. The minimum absolute atomic E-state index is 0.00221. The SMILES string of the molecule is CSNc1ccc(CN2CCC(c3cn(-c4ccc(F)cc4C(=O)N(C)C(C)C)c4cnccc34)CC2)cc1. The van der Waals surface area contributed by atoms with Crippen LogP contribution < -0.4 is 4.72 Å². The lowest BCUT2D eigenvalue weighted by molar-refractivity contribution is 0.0754. The predicted molar refractivity (Wildman–Crippen MR) is 159 cm³/mol. The molecule has 1 saturated heterocycles. The summed E-state index contributed by atoms with van der Waals surface area (Å²) in [4.78, 5) is 21.9. The van der Waals surface area contributed by atoms with Crippen LogP contribution in [-0.2, 0) is 6.54 Å². The number of hydrogen-bond donors (Lipinski definition) is 1. The lowest BCUT2D eigenvalue weighted by Gasteiger charge is -2.32. The zero-order valence-electron chi connectivity index (χ0n) is 23.0. The molecule has 0 saturated carbocycles. The Bertz CT molecular complexity index is 1440. The monoisotopic (exact) mass is 545 g/mol. The van der Waals surface area contributed by atoms with E-state index < -0.39 is 5.82 Å². The van der Waals surface area contributed by atoms with Gasteiger partial charge in [0.25, 0.3) is 5.91 Å². The molecule has 1 amide bonds. The highest BCUT2D eigenvalue weighted by Gasteiger charge is 2.26. The molecule has 2 aromatic heterocycles. The van der Waals surface area contributed by atoms with E-state index in [1.807, 2.05) is 37.1 Å². The van der Waals surface area contributed by atoms with Crippen molar-refractivity contribution in [2.45, 2.75) is 45.2 Å². The Labute approximate surface area is 234 Å². The molecule has 39 heavy (non-hydrogen) atoms. The standard InChI is InChI=1S/C31H36FN5OS/c1-21(2)35(3)31(38)27-17-24(32)7-10-29(27)37-20-28(26-11-14-33-18-30(26)37)23-12-15-36(16-13-23)19-22-5-8-25(9-6-22)34-39-4/h5-11,14,17-18,20-21,23,34H,12-13,15-16,19H2,1-4H3. The second-order valence-electron chi connectivity index (χ2n) is 10.6. The van der Waals surface area contributed by atoms with Crippen molar-refractivity contribution >= 4 is 34.4 Å². The van der Waals surface area contributed by atoms with Gasteiger partial charge in [-0.2, -0.15) is 0 Å². The molecule has 0 radical (unpaired) electrons. The number of halogens is 1. The third kappa shape index (κ3) is 5.82. The van der Waals surface area contributed by atoms with Crippen LogP contribution in [0.5, 0.6) is 0 Å². The zero-order chi connectivity index (χ0) is 27.5. The number of likely N-dealkylation sites (tertiary alicyclic amines) is 1. The van der Waals surface area contributed by atoms with Crippen molar-refractivity contribution < 1.29 is 9.18 Å². The predicted octanol–water partition coefficient (Wildman–Crippen LogP) is 6.71. The number of fused-ring (bicyclic) bond motifs is 1. The summed E-state index contributed by atoms with van der Waals surface area (Å²) in [5.74, 6) is -0.215. The molecule has 6 nitrogen and oxygen atoms in total. The van der Waals surface area contributed by atoms with Crippen molar-refractivity contribution in [3.8, 4) is 5.69 Å². The third-order valence-corrected chi connectivity index (χ3v) is 8.23. The number of aromatic nitrogens is 2. The van der Waals surface area contributed by atoms with Gasteiger partial charge in [-0.1, -0.05) is 24.1 Å². The fourth-order valence-corrected chi connectivity index (χ4v) is 5.77. The summed E-state index contributed by atoms with van der Waals surface area (Å²) in [6.45, 7) is 6.89. The van der Waals surface area contributed by atoms with Crippen molar-refractivity contribution in [3.05, 3.63) is 89.6 Å². The van der Waals surface area contributed by atoms with E-state index in [9.17, 15) is 9.18 Å². The van der Waals surface area contributed by atoms with Gasteiger partial charge in [0, 0.05) is 49.4 Å². The molecular formula is C31H36FN5OS. The first-order valence-electron chi connectivity index (χ1n) is 13.5. The van der Waals surface area contributed by atoms with Gasteiger partial charge in [-0.25, -0.2) is 4.39 Å². The summed E-state index contributed by atoms with van der Waals surface area (Å²) in [6, 6.07) is 15.2. The van der Waals surface area contributed by atoms with Gasteiger partial charge in [0.2, 0.25) is 0 Å². The van der Waals surface area contributed by atoms with E-state index in [-0.39, 0.29) is 11.9 Å². The maximum atomic E-state index is 14.3. The van der Waals surface area contributed by atoms with Crippen LogP contribution in [-0.4, -0.2) is 57.7 Å². The number of nitrogens with zero attached hydrogens (tertiary/aromatic N) is 4. The van der Waals surface area contributed by atoms with Gasteiger partial charge in [0.1, 0.15) is 5.82 Å². The first-order valence-corrected chi connectivity index (χ1v) is 14.7. The molecule has 1 fully saturated rings. The first kappa shape index (κ1) is 27.2. The van der Waals surface area contributed by atoms with Crippen molar-refractivity contribution in [3.63, 3.8) is 0 Å². The Morgan fingerprint density at radius 3 is 2.59 bits per heavy atom. The number of rotatable bonds is 8. The first-order chi connectivity index (χ1) is 18.9. The summed E-state index contributed by atoms with van der Waals surface area (Å²) >= 11 is 1.60. The minimum Gasteiger partial charge on any atom is -0.339 e. The molecule has 0 atom stereocenters. The smallest absolute Gasteiger partial charge is 0.256 e. The molecule has 0 spiro atoms. The summed E-state index contributed by atoms with van der Waals surface area (Å²) in [7, 11) is 1.76. The fraction of sp³-hybridized carbons (Fsp3) is 0.355. The van der Waals surface area contributed by atoms with Gasteiger partial charge >= 0.3 is 0 Å². The molecule has 1 aliphatic heterocycles.